The smallest absolute Gasteiger partial charge is 0.410 e. The summed E-state index contributed by atoms with van der Waals surface area (Å²) >= 11 is 2.18. The van der Waals surface area contributed by atoms with E-state index < -0.39 is 5.60 Å². The van der Waals surface area contributed by atoms with Crippen molar-refractivity contribution in [3.8, 4) is 0 Å². The number of H-pyrrole nitrogens is 1. The minimum atomic E-state index is -0.432. The molecule has 1 atom stereocenters. The van der Waals surface area contributed by atoms with Crippen molar-refractivity contribution in [2.75, 3.05) is 13.1 Å². The minimum Gasteiger partial charge on any atom is -0.444 e. The summed E-state index contributed by atoms with van der Waals surface area (Å²) in [5.74, 6) is 0.341. The van der Waals surface area contributed by atoms with Crippen LogP contribution < -0.4 is 0 Å². The van der Waals surface area contributed by atoms with Gasteiger partial charge in [-0.25, -0.2) is 4.79 Å². The van der Waals surface area contributed by atoms with Gasteiger partial charge in [-0.1, -0.05) is 0 Å². The number of rotatable bonds is 1. The van der Waals surface area contributed by atoms with E-state index in [1.807, 2.05) is 26.8 Å². The highest BCUT2D eigenvalue weighted by molar-refractivity contribution is 14.1. The van der Waals surface area contributed by atoms with Crippen LogP contribution >= 0.6 is 22.6 Å². The van der Waals surface area contributed by atoms with Gasteiger partial charge in [-0.15, -0.1) is 0 Å². The van der Waals surface area contributed by atoms with Crippen LogP contribution in [0.5, 0.6) is 0 Å². The number of nitrogens with zero attached hydrogens (tertiary/aromatic N) is 2. The van der Waals surface area contributed by atoms with Crippen LogP contribution in [-0.2, 0) is 4.74 Å². The molecule has 1 aliphatic rings. The zero-order valence-corrected chi connectivity index (χ0v) is 13.0. The van der Waals surface area contributed by atoms with Crippen molar-refractivity contribution in [2.24, 2.45) is 0 Å². The van der Waals surface area contributed by atoms with Gasteiger partial charge in [0.2, 0.25) is 0 Å². The van der Waals surface area contributed by atoms with E-state index >= 15 is 0 Å². The Bertz CT molecular complexity index is 439. The predicted octanol–water partition coefficient (Wildman–Crippen LogP) is 2.74. The van der Waals surface area contributed by atoms with Crippen molar-refractivity contribution in [3.63, 3.8) is 0 Å². The third-order valence-electron chi connectivity index (χ3n) is 2.85. The van der Waals surface area contributed by atoms with Gasteiger partial charge in [0.05, 0.1) is 0 Å². The monoisotopic (exact) mass is 363 g/mol. The molecule has 0 aromatic carbocycles. The maximum absolute atomic E-state index is 11.9. The van der Waals surface area contributed by atoms with E-state index in [4.69, 9.17) is 4.74 Å². The largest absolute Gasteiger partial charge is 0.444 e. The number of amides is 1. The first-order valence-corrected chi connectivity index (χ1v) is 7.12. The normalized spacial score (nSPS) is 20.2. The molecule has 1 saturated heterocycles. The van der Waals surface area contributed by atoms with Crippen molar-refractivity contribution in [2.45, 2.75) is 38.7 Å². The molecule has 1 N–H and O–H groups in total. The van der Waals surface area contributed by atoms with E-state index in [0.717, 1.165) is 22.4 Å². The van der Waals surface area contributed by atoms with Crippen molar-refractivity contribution in [3.05, 3.63) is 15.5 Å². The number of ether oxygens (including phenoxy) is 1. The molecule has 0 saturated carbocycles. The van der Waals surface area contributed by atoms with Crippen LogP contribution in [0.4, 0.5) is 4.79 Å². The lowest BCUT2D eigenvalue weighted by atomic mass is 10.1. The minimum absolute atomic E-state index is 0.223. The molecule has 1 unspecified atom stereocenters. The van der Waals surface area contributed by atoms with Crippen LogP contribution in [0, 0.1) is 3.70 Å². The highest BCUT2D eigenvalue weighted by Gasteiger charge is 2.31. The highest BCUT2D eigenvalue weighted by atomic mass is 127. The second-order valence-electron chi connectivity index (χ2n) is 5.56. The van der Waals surface area contributed by atoms with Crippen LogP contribution in [0.3, 0.4) is 0 Å². The third-order valence-corrected chi connectivity index (χ3v) is 3.40. The van der Waals surface area contributed by atoms with E-state index in [-0.39, 0.29) is 6.09 Å². The van der Waals surface area contributed by atoms with Gasteiger partial charge in [0, 0.05) is 24.7 Å². The van der Waals surface area contributed by atoms with Crippen LogP contribution in [0.15, 0.2) is 6.07 Å². The number of carbonyl (C=O) groups is 1. The molecule has 5 nitrogen and oxygen atoms in total. The summed E-state index contributed by atoms with van der Waals surface area (Å²) in [6, 6.07) is 2.03. The molecule has 0 radical (unpaired) electrons. The lowest BCUT2D eigenvalue weighted by molar-refractivity contribution is 0.0292. The summed E-state index contributed by atoms with van der Waals surface area (Å²) in [6.07, 6.45) is 0.733. The van der Waals surface area contributed by atoms with E-state index in [1.54, 1.807) is 4.90 Å². The van der Waals surface area contributed by atoms with Gasteiger partial charge in [0.1, 0.15) is 9.30 Å². The average Bonchev–Trinajstić information content (AvgIpc) is 2.82. The average molecular weight is 363 g/mol. The fourth-order valence-electron chi connectivity index (χ4n) is 2.03. The lowest BCUT2D eigenvalue weighted by Gasteiger charge is -2.24. The molecule has 0 spiro atoms. The van der Waals surface area contributed by atoms with Gasteiger partial charge in [0.25, 0.3) is 0 Å². The summed E-state index contributed by atoms with van der Waals surface area (Å²) in [5, 5.41) is 7.14. The quantitative estimate of drug-likeness (QED) is 0.781. The standard InChI is InChI=1S/C12H18IN3O2/c1-12(2,3)18-11(17)16-5-4-8(7-16)9-6-10(13)15-14-9/h6,8H,4-5,7H2,1-3H3,(H,14,15). The van der Waals surface area contributed by atoms with Gasteiger partial charge < -0.3 is 9.64 Å². The fourth-order valence-corrected chi connectivity index (χ4v) is 2.48. The summed E-state index contributed by atoms with van der Waals surface area (Å²) in [6.45, 7) is 7.10. The number of likely N-dealkylation sites (tertiary alicyclic amines) is 1. The van der Waals surface area contributed by atoms with Crippen molar-refractivity contribution in [1.82, 2.24) is 15.1 Å². The van der Waals surface area contributed by atoms with Crippen LogP contribution in [-0.4, -0.2) is 39.9 Å². The van der Waals surface area contributed by atoms with Crippen LogP contribution in [0.1, 0.15) is 38.8 Å². The molecule has 0 aliphatic carbocycles. The van der Waals surface area contributed by atoms with Gasteiger partial charge in [-0.05, 0) is 55.8 Å². The van der Waals surface area contributed by atoms with Gasteiger partial charge in [-0.3, -0.25) is 5.10 Å². The number of nitrogens with one attached hydrogen (secondary N) is 1. The first kappa shape index (κ1) is 13.6. The zero-order chi connectivity index (χ0) is 13.3. The Morgan fingerprint density at radius 3 is 2.89 bits per heavy atom. The molecule has 2 heterocycles. The Labute approximate surface area is 120 Å². The van der Waals surface area contributed by atoms with E-state index in [2.05, 4.69) is 32.8 Å². The Morgan fingerprint density at radius 1 is 1.61 bits per heavy atom. The first-order chi connectivity index (χ1) is 8.35. The molecule has 0 bridgehead atoms. The molecule has 2 rings (SSSR count). The van der Waals surface area contributed by atoms with E-state index in [9.17, 15) is 4.79 Å². The highest BCUT2D eigenvalue weighted by Crippen LogP contribution is 2.27. The first-order valence-electron chi connectivity index (χ1n) is 6.04. The molecular formula is C12H18IN3O2. The van der Waals surface area contributed by atoms with Crippen LogP contribution in [0.2, 0.25) is 0 Å². The van der Waals surface area contributed by atoms with Gasteiger partial charge in [-0.2, -0.15) is 5.10 Å². The van der Waals surface area contributed by atoms with Crippen molar-refractivity contribution < 1.29 is 9.53 Å². The molecule has 1 aliphatic heterocycles. The number of aromatic amines is 1. The summed E-state index contributed by atoms with van der Waals surface area (Å²) in [4.78, 5) is 13.7. The zero-order valence-electron chi connectivity index (χ0n) is 10.9. The summed E-state index contributed by atoms with van der Waals surface area (Å²) in [7, 11) is 0. The van der Waals surface area contributed by atoms with E-state index in [1.165, 1.54) is 0 Å². The Hall–Kier alpha value is -0.790. The fraction of sp³-hybridized carbons (Fsp3) is 0.667. The van der Waals surface area contributed by atoms with Gasteiger partial charge in [0.15, 0.2) is 0 Å². The predicted molar refractivity (Wildman–Crippen MR) is 76.5 cm³/mol. The number of hydrogen-bond acceptors (Lipinski definition) is 3. The second-order valence-corrected chi connectivity index (χ2v) is 6.66. The van der Waals surface area contributed by atoms with E-state index in [0.29, 0.717) is 12.5 Å². The Balaban J connectivity index is 1.94. The molecule has 100 valence electrons. The molecule has 1 aromatic rings. The molecule has 1 amide bonds. The SMILES string of the molecule is CC(C)(C)OC(=O)N1CCC(c2cc(I)n[nH]2)C1. The molecule has 1 fully saturated rings. The maximum atomic E-state index is 11.9. The molecule has 1 aromatic heterocycles. The number of halogens is 1. The Morgan fingerprint density at radius 2 is 2.33 bits per heavy atom. The number of aromatic nitrogens is 2. The lowest BCUT2D eigenvalue weighted by Crippen LogP contribution is -2.35. The van der Waals surface area contributed by atoms with Crippen molar-refractivity contribution in [1.29, 1.82) is 0 Å². The number of carbonyl (C=O) groups excluding carboxylic acids is 1. The Kier molecular flexibility index (Phi) is 3.84. The topological polar surface area (TPSA) is 58.2 Å². The van der Waals surface area contributed by atoms with Gasteiger partial charge >= 0.3 is 6.09 Å². The molecule has 18 heavy (non-hydrogen) atoms. The summed E-state index contributed by atoms with van der Waals surface area (Å²) < 4.78 is 6.33. The number of hydrogen-bond donors (Lipinski definition) is 1. The maximum Gasteiger partial charge on any atom is 0.410 e. The van der Waals surface area contributed by atoms with Crippen molar-refractivity contribution >= 4 is 28.7 Å². The second kappa shape index (κ2) is 5.07. The van der Waals surface area contributed by atoms with Crippen LogP contribution in [0.25, 0.3) is 0 Å². The summed E-state index contributed by atoms with van der Waals surface area (Å²) in [5.41, 5.74) is 0.670. The molecular weight excluding hydrogens is 345 g/mol. The molecule has 6 heteroatoms. The third kappa shape index (κ3) is 3.37.